The molecular weight excluding hydrogens is 519 g/mol. The van der Waals surface area contributed by atoms with Gasteiger partial charge in [0.2, 0.25) is 0 Å². The van der Waals surface area contributed by atoms with Gasteiger partial charge in [-0.1, -0.05) is 23.7 Å². The van der Waals surface area contributed by atoms with Gasteiger partial charge in [0.05, 0.1) is 19.3 Å². The molecular formula is C29H31ClF3NO4. The van der Waals surface area contributed by atoms with E-state index >= 15 is 0 Å². The van der Waals surface area contributed by atoms with E-state index in [1.54, 1.807) is 12.1 Å². The van der Waals surface area contributed by atoms with Gasteiger partial charge in [0.1, 0.15) is 23.0 Å². The Labute approximate surface area is 226 Å². The van der Waals surface area contributed by atoms with Crippen molar-refractivity contribution in [1.82, 2.24) is 4.90 Å². The predicted molar refractivity (Wildman–Crippen MR) is 140 cm³/mol. The summed E-state index contributed by atoms with van der Waals surface area (Å²) in [7, 11) is 0. The van der Waals surface area contributed by atoms with Gasteiger partial charge in [0, 0.05) is 18.1 Å². The first kappa shape index (κ1) is 28.1. The van der Waals surface area contributed by atoms with Crippen molar-refractivity contribution in [3.8, 4) is 23.0 Å². The fourth-order valence-corrected chi connectivity index (χ4v) is 4.30. The standard InChI is InChI=1S/C29H31ClF3NO4/c30-23-5-3-22(4-6-23)21-36-25-15-18-34(19-16-25)17-1-2-20-35-24-7-9-26(10-8-24)37-27-11-13-28(14-12-27)38-29(31,32)33/h3-14,25H,1-2,15-21H2. The molecule has 1 saturated heterocycles. The predicted octanol–water partition coefficient (Wildman–Crippen LogP) is 7.87. The van der Waals surface area contributed by atoms with Crippen LogP contribution in [0.25, 0.3) is 0 Å². The maximum atomic E-state index is 12.3. The molecule has 38 heavy (non-hydrogen) atoms. The number of halogens is 4. The Hall–Kier alpha value is -2.94. The molecule has 0 bridgehead atoms. The second-order valence-corrected chi connectivity index (χ2v) is 9.56. The molecule has 0 unspecified atom stereocenters. The van der Waals surface area contributed by atoms with E-state index in [0.29, 0.717) is 30.8 Å². The van der Waals surface area contributed by atoms with Crippen LogP contribution in [0.1, 0.15) is 31.2 Å². The van der Waals surface area contributed by atoms with Crippen LogP contribution in [0.15, 0.2) is 72.8 Å². The lowest BCUT2D eigenvalue weighted by molar-refractivity contribution is -0.274. The molecule has 0 saturated carbocycles. The average molecular weight is 550 g/mol. The maximum absolute atomic E-state index is 12.3. The average Bonchev–Trinajstić information content (AvgIpc) is 2.90. The van der Waals surface area contributed by atoms with Crippen molar-refractivity contribution in [2.75, 3.05) is 26.2 Å². The lowest BCUT2D eigenvalue weighted by atomic mass is 10.1. The smallest absolute Gasteiger partial charge is 0.494 e. The van der Waals surface area contributed by atoms with Crippen LogP contribution in [-0.2, 0) is 11.3 Å². The number of ether oxygens (including phenoxy) is 4. The summed E-state index contributed by atoms with van der Waals surface area (Å²) in [6.07, 6.45) is -0.304. The van der Waals surface area contributed by atoms with Crippen molar-refractivity contribution in [3.05, 3.63) is 83.4 Å². The molecule has 0 aliphatic carbocycles. The molecule has 0 N–H and O–H groups in total. The van der Waals surface area contributed by atoms with Crippen LogP contribution in [-0.4, -0.2) is 43.6 Å². The van der Waals surface area contributed by atoms with E-state index in [0.717, 1.165) is 61.7 Å². The zero-order valence-corrected chi connectivity index (χ0v) is 21.7. The monoisotopic (exact) mass is 549 g/mol. The Kier molecular flexibility index (Phi) is 10.1. The molecule has 1 heterocycles. The molecule has 1 aliphatic heterocycles. The molecule has 0 radical (unpaired) electrons. The van der Waals surface area contributed by atoms with Crippen molar-refractivity contribution >= 4 is 11.6 Å². The van der Waals surface area contributed by atoms with Crippen LogP contribution in [0.4, 0.5) is 13.2 Å². The van der Waals surface area contributed by atoms with Gasteiger partial charge in [0.15, 0.2) is 0 Å². The van der Waals surface area contributed by atoms with Crippen LogP contribution in [0.3, 0.4) is 0 Å². The summed E-state index contributed by atoms with van der Waals surface area (Å²) in [6, 6.07) is 20.2. The van der Waals surface area contributed by atoms with Gasteiger partial charge >= 0.3 is 6.36 Å². The first-order chi connectivity index (χ1) is 18.3. The van der Waals surface area contributed by atoms with Gasteiger partial charge in [-0.2, -0.15) is 0 Å². The van der Waals surface area contributed by atoms with E-state index in [-0.39, 0.29) is 5.75 Å². The van der Waals surface area contributed by atoms with E-state index in [1.165, 1.54) is 24.3 Å². The summed E-state index contributed by atoms with van der Waals surface area (Å²) in [4.78, 5) is 2.48. The third-order valence-corrected chi connectivity index (χ3v) is 6.44. The molecule has 0 spiro atoms. The number of benzene rings is 3. The summed E-state index contributed by atoms with van der Waals surface area (Å²) >= 11 is 5.93. The highest BCUT2D eigenvalue weighted by atomic mass is 35.5. The van der Waals surface area contributed by atoms with Crippen molar-refractivity contribution in [2.45, 2.75) is 44.8 Å². The number of rotatable bonds is 12. The molecule has 1 fully saturated rings. The number of unbranched alkanes of at least 4 members (excludes halogenated alkanes) is 1. The SMILES string of the molecule is FC(F)(F)Oc1ccc(Oc2ccc(OCCCCN3CCC(OCc4ccc(Cl)cc4)CC3)cc2)cc1. The third-order valence-electron chi connectivity index (χ3n) is 6.19. The number of hydrogen-bond donors (Lipinski definition) is 0. The minimum atomic E-state index is -4.72. The van der Waals surface area contributed by atoms with E-state index < -0.39 is 6.36 Å². The number of piperidine rings is 1. The third kappa shape index (κ3) is 9.74. The molecule has 204 valence electrons. The molecule has 3 aromatic carbocycles. The zero-order chi connectivity index (χ0) is 26.8. The number of hydrogen-bond acceptors (Lipinski definition) is 5. The molecule has 9 heteroatoms. The van der Waals surface area contributed by atoms with Gasteiger partial charge in [-0.3, -0.25) is 0 Å². The van der Waals surface area contributed by atoms with E-state index in [4.69, 9.17) is 25.8 Å². The van der Waals surface area contributed by atoms with Crippen LogP contribution >= 0.6 is 11.6 Å². The highest BCUT2D eigenvalue weighted by Crippen LogP contribution is 2.28. The summed E-state index contributed by atoms with van der Waals surface area (Å²) in [5, 5.41) is 0.740. The quantitative estimate of drug-likeness (QED) is 0.215. The second-order valence-electron chi connectivity index (χ2n) is 9.13. The highest BCUT2D eigenvalue weighted by molar-refractivity contribution is 6.30. The van der Waals surface area contributed by atoms with Gasteiger partial charge in [-0.05, 0) is 98.5 Å². The molecule has 1 aliphatic rings. The summed E-state index contributed by atoms with van der Waals surface area (Å²) in [6.45, 7) is 4.39. The Morgan fingerprint density at radius 1 is 0.763 bits per heavy atom. The first-order valence-corrected chi connectivity index (χ1v) is 13.1. The van der Waals surface area contributed by atoms with Gasteiger partial charge in [0.25, 0.3) is 0 Å². The van der Waals surface area contributed by atoms with E-state index in [1.807, 2.05) is 36.4 Å². The van der Waals surface area contributed by atoms with Crippen molar-refractivity contribution in [2.24, 2.45) is 0 Å². The topological polar surface area (TPSA) is 40.2 Å². The molecule has 3 aromatic rings. The van der Waals surface area contributed by atoms with Crippen molar-refractivity contribution in [3.63, 3.8) is 0 Å². The Balaban J connectivity index is 1.07. The van der Waals surface area contributed by atoms with Gasteiger partial charge in [-0.25, -0.2) is 0 Å². The zero-order valence-electron chi connectivity index (χ0n) is 21.0. The van der Waals surface area contributed by atoms with Crippen LogP contribution < -0.4 is 14.2 Å². The minimum Gasteiger partial charge on any atom is -0.494 e. The maximum Gasteiger partial charge on any atom is 0.573 e. The molecule has 4 rings (SSSR count). The Morgan fingerprint density at radius 3 is 1.95 bits per heavy atom. The fourth-order valence-electron chi connectivity index (χ4n) is 4.17. The normalized spacial score (nSPS) is 14.8. The molecule has 0 aromatic heterocycles. The van der Waals surface area contributed by atoms with Gasteiger partial charge < -0.3 is 23.8 Å². The highest BCUT2D eigenvalue weighted by Gasteiger charge is 2.31. The Bertz CT molecular complexity index is 1100. The largest absolute Gasteiger partial charge is 0.573 e. The van der Waals surface area contributed by atoms with Crippen LogP contribution in [0.5, 0.6) is 23.0 Å². The molecule has 0 atom stereocenters. The second kappa shape index (κ2) is 13.7. The fraction of sp³-hybridized carbons (Fsp3) is 0.379. The van der Waals surface area contributed by atoms with E-state index in [9.17, 15) is 13.2 Å². The van der Waals surface area contributed by atoms with E-state index in [2.05, 4.69) is 9.64 Å². The van der Waals surface area contributed by atoms with Crippen LogP contribution in [0, 0.1) is 0 Å². The number of nitrogens with zero attached hydrogens (tertiary/aromatic N) is 1. The summed E-state index contributed by atoms with van der Waals surface area (Å²) in [5.74, 6) is 1.41. The molecule has 5 nitrogen and oxygen atoms in total. The lowest BCUT2D eigenvalue weighted by Crippen LogP contribution is -2.37. The van der Waals surface area contributed by atoms with Crippen molar-refractivity contribution < 1.29 is 32.1 Å². The number of likely N-dealkylation sites (tertiary alicyclic amines) is 1. The number of alkyl halides is 3. The first-order valence-electron chi connectivity index (χ1n) is 12.7. The minimum absolute atomic E-state index is 0.294. The van der Waals surface area contributed by atoms with Crippen molar-refractivity contribution in [1.29, 1.82) is 0 Å². The summed E-state index contributed by atoms with van der Waals surface area (Å²) in [5.41, 5.74) is 1.15. The Morgan fingerprint density at radius 2 is 1.34 bits per heavy atom. The summed E-state index contributed by atoms with van der Waals surface area (Å²) < 4.78 is 58.2. The van der Waals surface area contributed by atoms with Crippen LogP contribution in [0.2, 0.25) is 5.02 Å². The lowest BCUT2D eigenvalue weighted by Gasteiger charge is -2.31. The molecule has 0 amide bonds. The van der Waals surface area contributed by atoms with Gasteiger partial charge in [-0.15, -0.1) is 13.2 Å².